The molecular weight excluding hydrogens is 342 g/mol. The lowest BCUT2D eigenvalue weighted by molar-refractivity contribution is -0.212. The molecule has 4 atom stereocenters. The van der Waals surface area contributed by atoms with Crippen LogP contribution in [-0.4, -0.2) is 60.5 Å². The van der Waals surface area contributed by atoms with E-state index in [2.05, 4.69) is 0 Å². The standard InChI is InChI=1S/C19H24ClNO4/c1-12-2-3-14(20)8-15(12)18(22)21-9-13-10-25-7-5-19(13,23)16-11-24-6-4-17(16)21/h2-3,8,13,16-17,23H,4-7,9-11H2,1H3/t13-,16+,17-,19-/m0/s1. The Bertz CT molecular complexity index is 681. The molecular formula is C19H24ClNO4. The van der Waals surface area contributed by atoms with Crippen molar-refractivity contribution in [3.8, 4) is 0 Å². The van der Waals surface area contributed by atoms with Crippen molar-refractivity contribution in [1.82, 2.24) is 4.90 Å². The maximum Gasteiger partial charge on any atom is 0.254 e. The molecule has 0 unspecified atom stereocenters. The van der Waals surface area contributed by atoms with Crippen LogP contribution >= 0.6 is 11.6 Å². The minimum atomic E-state index is -0.802. The first kappa shape index (κ1) is 17.3. The molecule has 1 aromatic rings. The van der Waals surface area contributed by atoms with Gasteiger partial charge in [-0.3, -0.25) is 4.79 Å². The van der Waals surface area contributed by atoms with Crippen LogP contribution in [0.25, 0.3) is 0 Å². The number of halogens is 1. The van der Waals surface area contributed by atoms with Gasteiger partial charge in [0.05, 0.1) is 18.8 Å². The van der Waals surface area contributed by atoms with Gasteiger partial charge in [0.15, 0.2) is 0 Å². The molecule has 0 radical (unpaired) electrons. The molecule has 1 N–H and O–H groups in total. The largest absolute Gasteiger partial charge is 0.389 e. The molecule has 1 aromatic carbocycles. The molecule has 5 nitrogen and oxygen atoms in total. The van der Waals surface area contributed by atoms with E-state index in [1.165, 1.54) is 0 Å². The third-order valence-corrected chi connectivity index (χ3v) is 6.38. The number of aryl methyl sites for hydroxylation is 1. The fourth-order valence-corrected chi connectivity index (χ4v) is 4.84. The summed E-state index contributed by atoms with van der Waals surface area (Å²) in [6.07, 6.45) is 1.37. The minimum absolute atomic E-state index is 0.000943. The Morgan fingerprint density at radius 3 is 2.96 bits per heavy atom. The summed E-state index contributed by atoms with van der Waals surface area (Å²) in [6.45, 7) is 4.61. The van der Waals surface area contributed by atoms with Crippen molar-refractivity contribution in [2.45, 2.75) is 31.4 Å². The second-order valence-corrected chi connectivity index (χ2v) is 7.90. The van der Waals surface area contributed by atoms with Crippen molar-refractivity contribution >= 4 is 17.5 Å². The van der Waals surface area contributed by atoms with Crippen molar-refractivity contribution in [3.63, 3.8) is 0 Å². The monoisotopic (exact) mass is 365 g/mol. The van der Waals surface area contributed by atoms with Crippen LogP contribution in [0, 0.1) is 18.8 Å². The number of nitrogens with zero attached hydrogens (tertiary/aromatic N) is 1. The Morgan fingerprint density at radius 2 is 2.12 bits per heavy atom. The molecule has 4 rings (SSSR count). The number of carbonyl (C=O) groups excluding carboxylic acids is 1. The van der Waals surface area contributed by atoms with Crippen molar-refractivity contribution in [3.05, 3.63) is 34.3 Å². The number of ether oxygens (including phenoxy) is 2. The van der Waals surface area contributed by atoms with E-state index in [9.17, 15) is 9.90 Å². The van der Waals surface area contributed by atoms with Gasteiger partial charge in [-0.05, 0) is 31.0 Å². The molecule has 25 heavy (non-hydrogen) atoms. The van der Waals surface area contributed by atoms with Crippen LogP contribution in [0.1, 0.15) is 28.8 Å². The van der Waals surface area contributed by atoms with E-state index >= 15 is 0 Å². The Kier molecular flexibility index (Phi) is 4.52. The van der Waals surface area contributed by atoms with E-state index in [1.54, 1.807) is 12.1 Å². The number of carbonyl (C=O) groups is 1. The number of hydrogen-bond donors (Lipinski definition) is 1. The normalized spacial score (nSPS) is 35.0. The highest BCUT2D eigenvalue weighted by Gasteiger charge is 2.56. The lowest BCUT2D eigenvalue weighted by atomic mass is 9.66. The van der Waals surface area contributed by atoms with E-state index < -0.39 is 5.60 Å². The third kappa shape index (κ3) is 2.87. The average Bonchev–Trinajstić information content (AvgIpc) is 2.62. The van der Waals surface area contributed by atoms with Crippen LogP contribution in [0.3, 0.4) is 0 Å². The molecule has 3 aliphatic heterocycles. The fourth-order valence-electron chi connectivity index (χ4n) is 4.67. The summed E-state index contributed by atoms with van der Waals surface area (Å²) in [4.78, 5) is 15.2. The van der Waals surface area contributed by atoms with Crippen molar-refractivity contribution in [2.75, 3.05) is 33.0 Å². The Balaban J connectivity index is 1.69. The number of aliphatic hydroxyl groups is 1. The summed E-state index contributed by atoms with van der Waals surface area (Å²) in [5.74, 6) is -0.149. The van der Waals surface area contributed by atoms with Crippen molar-refractivity contribution in [1.29, 1.82) is 0 Å². The minimum Gasteiger partial charge on any atom is -0.389 e. The second-order valence-electron chi connectivity index (χ2n) is 7.47. The number of benzene rings is 1. The molecule has 0 spiro atoms. The number of fused-ring (bicyclic) bond motifs is 3. The van der Waals surface area contributed by atoms with Crippen LogP contribution in [0.2, 0.25) is 5.02 Å². The highest BCUT2D eigenvalue weighted by atomic mass is 35.5. The zero-order valence-electron chi connectivity index (χ0n) is 14.4. The fraction of sp³-hybridized carbons (Fsp3) is 0.632. The van der Waals surface area contributed by atoms with E-state index in [4.69, 9.17) is 21.1 Å². The van der Waals surface area contributed by atoms with Crippen molar-refractivity contribution < 1.29 is 19.4 Å². The number of amides is 1. The summed E-state index contributed by atoms with van der Waals surface area (Å²) in [6, 6.07) is 5.42. The first-order chi connectivity index (χ1) is 12.0. The zero-order valence-corrected chi connectivity index (χ0v) is 15.2. The predicted octanol–water partition coefficient (Wildman–Crippen LogP) is 2.28. The maximum atomic E-state index is 13.3. The average molecular weight is 366 g/mol. The van der Waals surface area contributed by atoms with E-state index in [0.29, 0.717) is 50.0 Å². The molecule has 3 saturated heterocycles. The summed E-state index contributed by atoms with van der Waals surface area (Å²) in [7, 11) is 0. The van der Waals surface area contributed by atoms with Gasteiger partial charge in [0, 0.05) is 54.6 Å². The van der Waals surface area contributed by atoms with Gasteiger partial charge in [-0.1, -0.05) is 17.7 Å². The molecule has 0 aliphatic carbocycles. The predicted molar refractivity (Wildman–Crippen MR) is 93.8 cm³/mol. The summed E-state index contributed by atoms with van der Waals surface area (Å²) >= 11 is 6.12. The first-order valence-corrected chi connectivity index (χ1v) is 9.33. The Morgan fingerprint density at radius 1 is 1.32 bits per heavy atom. The van der Waals surface area contributed by atoms with Crippen molar-refractivity contribution in [2.24, 2.45) is 11.8 Å². The third-order valence-electron chi connectivity index (χ3n) is 6.14. The summed E-state index contributed by atoms with van der Waals surface area (Å²) < 4.78 is 11.3. The molecule has 3 fully saturated rings. The second kappa shape index (κ2) is 6.54. The topological polar surface area (TPSA) is 59.0 Å². The molecule has 6 heteroatoms. The highest BCUT2D eigenvalue weighted by molar-refractivity contribution is 6.31. The van der Waals surface area contributed by atoms with Crippen LogP contribution in [0.4, 0.5) is 0 Å². The van der Waals surface area contributed by atoms with Gasteiger partial charge in [-0.15, -0.1) is 0 Å². The van der Waals surface area contributed by atoms with Gasteiger partial charge in [0.25, 0.3) is 5.91 Å². The molecule has 0 saturated carbocycles. The summed E-state index contributed by atoms with van der Waals surface area (Å²) in [5.41, 5.74) is 0.752. The van der Waals surface area contributed by atoms with Gasteiger partial charge in [-0.25, -0.2) is 0 Å². The van der Waals surface area contributed by atoms with E-state index in [-0.39, 0.29) is 23.8 Å². The molecule has 0 aromatic heterocycles. The Hall–Kier alpha value is -1.14. The van der Waals surface area contributed by atoms with Gasteiger partial charge in [0.1, 0.15) is 0 Å². The quantitative estimate of drug-likeness (QED) is 0.829. The molecule has 0 bridgehead atoms. The Labute approximate surface area is 152 Å². The smallest absolute Gasteiger partial charge is 0.254 e. The number of rotatable bonds is 1. The van der Waals surface area contributed by atoms with Crippen LogP contribution in [0.5, 0.6) is 0 Å². The molecule has 3 aliphatic rings. The van der Waals surface area contributed by atoms with Crippen LogP contribution < -0.4 is 0 Å². The van der Waals surface area contributed by atoms with Gasteiger partial charge >= 0.3 is 0 Å². The van der Waals surface area contributed by atoms with Crippen LogP contribution in [0.15, 0.2) is 18.2 Å². The number of likely N-dealkylation sites (tertiary alicyclic amines) is 1. The lowest BCUT2D eigenvalue weighted by Gasteiger charge is -2.57. The van der Waals surface area contributed by atoms with E-state index in [1.807, 2.05) is 17.9 Å². The lowest BCUT2D eigenvalue weighted by Crippen LogP contribution is -2.68. The first-order valence-electron chi connectivity index (χ1n) is 8.95. The summed E-state index contributed by atoms with van der Waals surface area (Å²) in [5, 5.41) is 11.9. The SMILES string of the molecule is Cc1ccc(Cl)cc1C(=O)N1C[C@H]2COCC[C@@]2(O)[C@@H]2COCC[C@@H]21. The number of piperidine rings is 1. The molecule has 3 heterocycles. The van der Waals surface area contributed by atoms with Gasteiger partial charge in [0.2, 0.25) is 0 Å². The maximum absolute atomic E-state index is 13.3. The van der Waals surface area contributed by atoms with Crippen LogP contribution in [-0.2, 0) is 9.47 Å². The molecule has 1 amide bonds. The zero-order chi connectivity index (χ0) is 17.6. The molecule has 136 valence electrons. The van der Waals surface area contributed by atoms with Gasteiger partial charge < -0.3 is 19.5 Å². The van der Waals surface area contributed by atoms with Gasteiger partial charge in [-0.2, -0.15) is 0 Å². The van der Waals surface area contributed by atoms with E-state index in [0.717, 1.165) is 12.0 Å². The highest BCUT2D eigenvalue weighted by Crippen LogP contribution is 2.44. The number of hydrogen-bond acceptors (Lipinski definition) is 4.